The van der Waals surface area contributed by atoms with Gasteiger partial charge in [-0.3, -0.25) is 0 Å². The van der Waals surface area contributed by atoms with E-state index in [0.29, 0.717) is 5.41 Å². The van der Waals surface area contributed by atoms with Crippen LogP contribution >= 0.6 is 0 Å². The Labute approximate surface area is 89.2 Å². The van der Waals surface area contributed by atoms with Crippen molar-refractivity contribution in [3.05, 3.63) is 0 Å². The standard InChI is InChI=1S/C12H27NO/c1-6-12(7-2,10-13)8-9-14-11(3,4)5/h6-10,13H2,1-5H3. The van der Waals surface area contributed by atoms with Crippen LogP contribution in [0.1, 0.15) is 53.9 Å². The van der Waals surface area contributed by atoms with Crippen molar-refractivity contribution in [2.45, 2.75) is 59.5 Å². The van der Waals surface area contributed by atoms with E-state index >= 15 is 0 Å². The van der Waals surface area contributed by atoms with Crippen LogP contribution in [0.25, 0.3) is 0 Å². The Hall–Kier alpha value is -0.0800. The quantitative estimate of drug-likeness (QED) is 0.717. The average Bonchev–Trinajstić information content (AvgIpc) is 2.11. The Morgan fingerprint density at radius 2 is 1.57 bits per heavy atom. The van der Waals surface area contributed by atoms with Gasteiger partial charge in [0.2, 0.25) is 0 Å². The Morgan fingerprint density at radius 1 is 1.07 bits per heavy atom. The predicted molar refractivity (Wildman–Crippen MR) is 62.4 cm³/mol. The normalized spacial score (nSPS) is 13.3. The fourth-order valence-corrected chi connectivity index (χ4v) is 1.57. The van der Waals surface area contributed by atoms with E-state index in [0.717, 1.165) is 32.4 Å². The first-order chi connectivity index (χ1) is 6.39. The highest BCUT2D eigenvalue weighted by Crippen LogP contribution is 2.29. The van der Waals surface area contributed by atoms with E-state index in [1.54, 1.807) is 0 Å². The second kappa shape index (κ2) is 5.72. The van der Waals surface area contributed by atoms with Crippen molar-refractivity contribution < 1.29 is 4.74 Å². The molecule has 0 bridgehead atoms. The fraction of sp³-hybridized carbons (Fsp3) is 1.00. The Kier molecular flexibility index (Phi) is 5.68. The summed E-state index contributed by atoms with van der Waals surface area (Å²) in [6.45, 7) is 12.3. The summed E-state index contributed by atoms with van der Waals surface area (Å²) in [6.07, 6.45) is 3.37. The van der Waals surface area contributed by atoms with E-state index in [2.05, 4.69) is 34.6 Å². The Morgan fingerprint density at radius 3 is 1.86 bits per heavy atom. The molecule has 0 aromatic heterocycles. The van der Waals surface area contributed by atoms with E-state index in [-0.39, 0.29) is 5.60 Å². The first-order valence-corrected chi connectivity index (χ1v) is 5.73. The Bertz CT molecular complexity index is 137. The van der Waals surface area contributed by atoms with Crippen molar-refractivity contribution in [1.29, 1.82) is 0 Å². The maximum absolute atomic E-state index is 5.82. The zero-order valence-electron chi connectivity index (χ0n) is 10.5. The summed E-state index contributed by atoms with van der Waals surface area (Å²) in [5.41, 5.74) is 6.09. The van der Waals surface area contributed by atoms with E-state index < -0.39 is 0 Å². The molecule has 0 radical (unpaired) electrons. The third-order valence-electron chi connectivity index (χ3n) is 3.10. The highest BCUT2D eigenvalue weighted by Gasteiger charge is 2.24. The number of hydrogen-bond acceptors (Lipinski definition) is 2. The van der Waals surface area contributed by atoms with Crippen LogP contribution in [0, 0.1) is 5.41 Å². The minimum atomic E-state index is -0.0260. The summed E-state index contributed by atoms with van der Waals surface area (Å²) >= 11 is 0. The molecule has 0 aromatic rings. The third kappa shape index (κ3) is 4.97. The van der Waals surface area contributed by atoms with E-state index in [9.17, 15) is 0 Å². The Balaban J connectivity index is 3.95. The minimum Gasteiger partial charge on any atom is -0.376 e. The van der Waals surface area contributed by atoms with Gasteiger partial charge in [0, 0.05) is 6.61 Å². The van der Waals surface area contributed by atoms with Gasteiger partial charge in [0.1, 0.15) is 0 Å². The van der Waals surface area contributed by atoms with Gasteiger partial charge >= 0.3 is 0 Å². The van der Waals surface area contributed by atoms with Gasteiger partial charge in [-0.25, -0.2) is 0 Å². The molecule has 0 rings (SSSR count). The lowest BCUT2D eigenvalue weighted by Gasteiger charge is -2.31. The molecule has 0 spiro atoms. The molecule has 0 heterocycles. The summed E-state index contributed by atoms with van der Waals surface area (Å²) in [6, 6.07) is 0. The van der Waals surface area contributed by atoms with E-state index in [1.807, 2.05) is 0 Å². The lowest BCUT2D eigenvalue weighted by Crippen LogP contribution is -2.32. The first kappa shape index (κ1) is 13.9. The monoisotopic (exact) mass is 201 g/mol. The van der Waals surface area contributed by atoms with Gasteiger partial charge in [-0.2, -0.15) is 0 Å². The predicted octanol–water partition coefficient (Wildman–Crippen LogP) is 2.96. The van der Waals surface area contributed by atoms with Crippen LogP contribution in [0.3, 0.4) is 0 Å². The van der Waals surface area contributed by atoms with Gasteiger partial charge < -0.3 is 10.5 Å². The first-order valence-electron chi connectivity index (χ1n) is 5.73. The molecule has 0 aromatic carbocycles. The number of nitrogens with two attached hydrogens (primary N) is 1. The molecule has 0 aliphatic heterocycles. The lowest BCUT2D eigenvalue weighted by atomic mass is 9.79. The molecule has 2 heteroatoms. The van der Waals surface area contributed by atoms with E-state index in [4.69, 9.17) is 10.5 Å². The van der Waals surface area contributed by atoms with Gasteiger partial charge in [-0.05, 0) is 52.0 Å². The van der Waals surface area contributed by atoms with Crippen LogP contribution in [0.2, 0.25) is 0 Å². The molecule has 0 aliphatic rings. The van der Waals surface area contributed by atoms with Crippen molar-refractivity contribution in [3.8, 4) is 0 Å². The highest BCUT2D eigenvalue weighted by atomic mass is 16.5. The van der Waals surface area contributed by atoms with Gasteiger partial charge in [0.15, 0.2) is 0 Å². The van der Waals surface area contributed by atoms with Crippen LogP contribution in [0.15, 0.2) is 0 Å². The van der Waals surface area contributed by atoms with Crippen molar-refractivity contribution in [1.82, 2.24) is 0 Å². The second-order valence-electron chi connectivity index (χ2n) is 5.12. The number of ether oxygens (including phenoxy) is 1. The highest BCUT2D eigenvalue weighted by molar-refractivity contribution is 4.77. The van der Waals surface area contributed by atoms with Crippen molar-refractivity contribution in [2.24, 2.45) is 11.1 Å². The lowest BCUT2D eigenvalue weighted by molar-refractivity contribution is -0.0191. The molecule has 14 heavy (non-hydrogen) atoms. The molecule has 2 nitrogen and oxygen atoms in total. The molecule has 2 N–H and O–H groups in total. The van der Waals surface area contributed by atoms with Gasteiger partial charge in [-0.15, -0.1) is 0 Å². The van der Waals surface area contributed by atoms with Crippen molar-refractivity contribution in [2.75, 3.05) is 13.2 Å². The zero-order valence-corrected chi connectivity index (χ0v) is 10.5. The second-order valence-corrected chi connectivity index (χ2v) is 5.12. The maximum Gasteiger partial charge on any atom is 0.0598 e. The van der Waals surface area contributed by atoms with Gasteiger partial charge in [0.05, 0.1) is 5.60 Å². The minimum absolute atomic E-state index is 0.0260. The van der Waals surface area contributed by atoms with Gasteiger partial charge in [-0.1, -0.05) is 13.8 Å². The number of hydrogen-bond donors (Lipinski definition) is 1. The topological polar surface area (TPSA) is 35.2 Å². The largest absolute Gasteiger partial charge is 0.376 e. The van der Waals surface area contributed by atoms with Crippen LogP contribution in [-0.2, 0) is 4.74 Å². The summed E-state index contributed by atoms with van der Waals surface area (Å²) in [7, 11) is 0. The van der Waals surface area contributed by atoms with Gasteiger partial charge in [0.25, 0.3) is 0 Å². The zero-order chi connectivity index (χ0) is 11.2. The van der Waals surface area contributed by atoms with Crippen molar-refractivity contribution >= 4 is 0 Å². The summed E-state index contributed by atoms with van der Waals surface area (Å²) in [5, 5.41) is 0. The van der Waals surface area contributed by atoms with Crippen LogP contribution in [0.4, 0.5) is 0 Å². The summed E-state index contributed by atoms with van der Waals surface area (Å²) in [5.74, 6) is 0. The summed E-state index contributed by atoms with van der Waals surface area (Å²) < 4.78 is 5.73. The molecule has 0 saturated heterocycles. The smallest absolute Gasteiger partial charge is 0.0598 e. The van der Waals surface area contributed by atoms with Crippen LogP contribution in [0.5, 0.6) is 0 Å². The molecular weight excluding hydrogens is 174 g/mol. The average molecular weight is 201 g/mol. The molecule has 0 unspecified atom stereocenters. The van der Waals surface area contributed by atoms with Crippen molar-refractivity contribution in [3.63, 3.8) is 0 Å². The summed E-state index contributed by atoms with van der Waals surface area (Å²) in [4.78, 5) is 0. The molecule has 0 atom stereocenters. The molecule has 0 saturated carbocycles. The fourth-order valence-electron chi connectivity index (χ4n) is 1.57. The molecule has 86 valence electrons. The third-order valence-corrected chi connectivity index (χ3v) is 3.10. The van der Waals surface area contributed by atoms with Crippen LogP contribution < -0.4 is 5.73 Å². The number of rotatable bonds is 6. The molecule has 0 fully saturated rings. The van der Waals surface area contributed by atoms with E-state index in [1.165, 1.54) is 0 Å². The molecule has 0 aliphatic carbocycles. The SMILES string of the molecule is CCC(CC)(CN)CCOC(C)(C)C. The molecular formula is C12H27NO. The van der Waals surface area contributed by atoms with Crippen LogP contribution in [-0.4, -0.2) is 18.8 Å². The maximum atomic E-state index is 5.82. The molecule has 0 amide bonds.